The minimum atomic E-state index is -1.03. The Labute approximate surface area is 193 Å². The van der Waals surface area contributed by atoms with Crippen LogP contribution in [0, 0.1) is 5.92 Å². The number of fused-ring (bicyclic) bond motifs is 1. The highest BCUT2D eigenvalue weighted by molar-refractivity contribution is 9.10. The van der Waals surface area contributed by atoms with Gasteiger partial charge >= 0.3 is 6.09 Å². The SMILES string of the molecule is CC(C)(C)N(Cc1cc(Cl)cnc1Oc1ccc2c(nnn2CC2CC2)c1Br)C(=O)O. The van der Waals surface area contributed by atoms with Crippen LogP contribution in [0.5, 0.6) is 11.6 Å². The summed E-state index contributed by atoms with van der Waals surface area (Å²) >= 11 is 9.72. The third-order valence-electron chi connectivity index (χ3n) is 5.19. The molecule has 1 aliphatic carbocycles. The van der Waals surface area contributed by atoms with E-state index < -0.39 is 11.6 Å². The van der Waals surface area contributed by atoms with Crippen LogP contribution in [0.15, 0.2) is 28.9 Å². The summed E-state index contributed by atoms with van der Waals surface area (Å²) in [6, 6.07) is 5.42. The van der Waals surface area contributed by atoms with E-state index in [0.717, 1.165) is 12.1 Å². The van der Waals surface area contributed by atoms with Crippen LogP contribution in [0.2, 0.25) is 5.02 Å². The summed E-state index contributed by atoms with van der Waals surface area (Å²) < 4.78 is 8.67. The Morgan fingerprint density at radius 1 is 1.39 bits per heavy atom. The second kappa shape index (κ2) is 8.27. The van der Waals surface area contributed by atoms with Crippen LogP contribution in [0.4, 0.5) is 4.79 Å². The number of hydrogen-bond donors (Lipinski definition) is 1. The largest absolute Gasteiger partial charge is 0.465 e. The lowest BCUT2D eigenvalue weighted by Gasteiger charge is -2.33. The van der Waals surface area contributed by atoms with E-state index in [1.165, 1.54) is 23.9 Å². The zero-order valence-corrected chi connectivity index (χ0v) is 19.8. The number of hydrogen-bond acceptors (Lipinski definition) is 5. The lowest BCUT2D eigenvalue weighted by atomic mass is 10.1. The first-order valence-corrected chi connectivity index (χ1v) is 11.1. The highest BCUT2D eigenvalue weighted by atomic mass is 79.9. The van der Waals surface area contributed by atoms with Crippen LogP contribution < -0.4 is 4.74 Å². The van der Waals surface area contributed by atoms with Gasteiger partial charge in [-0.3, -0.25) is 4.90 Å². The summed E-state index contributed by atoms with van der Waals surface area (Å²) in [6.07, 6.45) is 2.90. The first-order chi connectivity index (χ1) is 14.6. The molecule has 1 aliphatic rings. The van der Waals surface area contributed by atoms with Gasteiger partial charge in [-0.15, -0.1) is 5.10 Å². The van der Waals surface area contributed by atoms with Gasteiger partial charge in [-0.25, -0.2) is 14.5 Å². The predicted molar refractivity (Wildman–Crippen MR) is 121 cm³/mol. The Morgan fingerprint density at radius 3 is 2.77 bits per heavy atom. The Balaban J connectivity index is 1.65. The van der Waals surface area contributed by atoms with Crippen molar-refractivity contribution in [3.63, 3.8) is 0 Å². The first-order valence-electron chi connectivity index (χ1n) is 9.98. The number of halogens is 2. The molecule has 0 bridgehead atoms. The number of nitrogens with zero attached hydrogens (tertiary/aromatic N) is 5. The topological polar surface area (TPSA) is 93.4 Å². The molecule has 10 heteroatoms. The molecule has 0 atom stereocenters. The molecule has 2 aromatic heterocycles. The molecule has 3 aromatic rings. The van der Waals surface area contributed by atoms with Crippen molar-refractivity contribution in [1.82, 2.24) is 24.9 Å². The Hall–Kier alpha value is -2.39. The van der Waals surface area contributed by atoms with E-state index in [2.05, 4.69) is 31.2 Å². The van der Waals surface area contributed by atoms with Gasteiger partial charge in [0.2, 0.25) is 5.88 Å². The van der Waals surface area contributed by atoms with E-state index in [4.69, 9.17) is 16.3 Å². The van der Waals surface area contributed by atoms with E-state index in [9.17, 15) is 9.90 Å². The number of aromatic nitrogens is 4. The van der Waals surface area contributed by atoms with E-state index >= 15 is 0 Å². The number of ether oxygens (including phenoxy) is 1. The monoisotopic (exact) mass is 507 g/mol. The third-order valence-corrected chi connectivity index (χ3v) is 6.16. The second-order valence-electron chi connectivity index (χ2n) is 8.72. The zero-order valence-electron chi connectivity index (χ0n) is 17.5. The van der Waals surface area contributed by atoms with Crippen LogP contribution in [0.1, 0.15) is 39.2 Å². The Morgan fingerprint density at radius 2 is 2.13 bits per heavy atom. The highest BCUT2D eigenvalue weighted by Gasteiger charge is 2.28. The normalized spacial score (nSPS) is 14.1. The summed E-state index contributed by atoms with van der Waals surface area (Å²) in [5.74, 6) is 1.48. The van der Waals surface area contributed by atoms with Crippen molar-refractivity contribution in [2.24, 2.45) is 5.92 Å². The minimum absolute atomic E-state index is 0.0825. The quantitative estimate of drug-likeness (QED) is 0.457. The molecule has 1 fully saturated rings. The van der Waals surface area contributed by atoms with E-state index in [0.29, 0.717) is 32.2 Å². The van der Waals surface area contributed by atoms with Crippen LogP contribution >= 0.6 is 27.5 Å². The van der Waals surface area contributed by atoms with Gasteiger partial charge in [0.1, 0.15) is 11.3 Å². The van der Waals surface area contributed by atoms with Gasteiger partial charge in [-0.2, -0.15) is 0 Å². The maximum Gasteiger partial charge on any atom is 0.408 e. The molecule has 2 heterocycles. The highest BCUT2D eigenvalue weighted by Crippen LogP contribution is 2.37. The number of pyridine rings is 1. The van der Waals surface area contributed by atoms with Crippen molar-refractivity contribution < 1.29 is 14.6 Å². The zero-order chi connectivity index (χ0) is 22.3. The molecule has 164 valence electrons. The molecular weight excluding hydrogens is 486 g/mol. The minimum Gasteiger partial charge on any atom is -0.465 e. The van der Waals surface area contributed by atoms with Gasteiger partial charge in [-0.1, -0.05) is 16.8 Å². The lowest BCUT2D eigenvalue weighted by molar-refractivity contribution is 0.0950. The molecule has 0 radical (unpaired) electrons. The summed E-state index contributed by atoms with van der Waals surface area (Å²) in [5.41, 5.74) is 1.59. The predicted octanol–water partition coefficient (Wildman–Crippen LogP) is 5.72. The molecule has 8 nitrogen and oxygen atoms in total. The van der Waals surface area contributed by atoms with Crippen LogP contribution in [0.25, 0.3) is 11.0 Å². The van der Waals surface area contributed by atoms with Crippen LogP contribution in [-0.4, -0.2) is 41.6 Å². The molecule has 0 saturated heterocycles. The molecule has 1 saturated carbocycles. The molecule has 0 spiro atoms. The second-order valence-corrected chi connectivity index (χ2v) is 9.95. The molecular formula is C21H23BrClN5O3. The third kappa shape index (κ3) is 4.77. The van der Waals surface area contributed by atoms with E-state index in [1.54, 1.807) is 6.07 Å². The molecule has 1 aromatic carbocycles. The number of carboxylic acid groups (broad SMARTS) is 1. The van der Waals surface area contributed by atoms with Crippen molar-refractivity contribution in [3.8, 4) is 11.6 Å². The van der Waals surface area contributed by atoms with Gasteiger partial charge in [0.25, 0.3) is 0 Å². The molecule has 1 amide bonds. The van der Waals surface area contributed by atoms with E-state index in [1.807, 2.05) is 37.6 Å². The average molecular weight is 509 g/mol. The van der Waals surface area contributed by atoms with E-state index in [-0.39, 0.29) is 12.4 Å². The maximum atomic E-state index is 11.8. The van der Waals surface area contributed by atoms with Gasteiger partial charge < -0.3 is 9.84 Å². The molecule has 4 rings (SSSR count). The first kappa shape index (κ1) is 21.8. The molecule has 31 heavy (non-hydrogen) atoms. The number of amides is 1. The lowest BCUT2D eigenvalue weighted by Crippen LogP contribution is -2.44. The average Bonchev–Trinajstić information content (AvgIpc) is 3.41. The van der Waals surface area contributed by atoms with Gasteiger partial charge in [0, 0.05) is 23.8 Å². The molecule has 1 N–H and O–H groups in total. The summed E-state index contributed by atoms with van der Waals surface area (Å²) in [7, 11) is 0. The Bertz CT molecular complexity index is 1140. The number of carbonyl (C=O) groups is 1. The number of rotatable bonds is 6. The molecule has 0 unspecified atom stereocenters. The van der Waals surface area contributed by atoms with Crippen molar-refractivity contribution in [2.45, 2.75) is 52.2 Å². The van der Waals surface area contributed by atoms with Gasteiger partial charge in [0.05, 0.1) is 21.6 Å². The van der Waals surface area contributed by atoms with Crippen LogP contribution in [0.3, 0.4) is 0 Å². The standard InChI is InChI=1S/C21H23BrClN5O3/c1-21(2,3)27(20(29)30)11-13-8-14(23)9-24-19(13)31-16-7-6-15-18(17(16)22)25-26-28(15)10-12-4-5-12/h6-9,12H,4-5,10-11H2,1-3H3,(H,29,30). The van der Waals surface area contributed by atoms with Gasteiger partial charge in [0.15, 0.2) is 0 Å². The summed E-state index contributed by atoms with van der Waals surface area (Å²) in [4.78, 5) is 17.4. The fourth-order valence-corrected chi connectivity index (χ4v) is 3.96. The number of benzene rings is 1. The summed E-state index contributed by atoms with van der Waals surface area (Å²) in [6.45, 7) is 6.43. The van der Waals surface area contributed by atoms with Crippen molar-refractivity contribution in [2.75, 3.05) is 0 Å². The van der Waals surface area contributed by atoms with Crippen molar-refractivity contribution in [3.05, 3.63) is 39.5 Å². The summed E-state index contributed by atoms with van der Waals surface area (Å²) in [5, 5.41) is 18.6. The van der Waals surface area contributed by atoms with Crippen LogP contribution in [-0.2, 0) is 13.1 Å². The Kier molecular flexibility index (Phi) is 5.83. The van der Waals surface area contributed by atoms with Crippen molar-refractivity contribution in [1.29, 1.82) is 0 Å². The van der Waals surface area contributed by atoms with Gasteiger partial charge in [-0.05, 0) is 73.7 Å². The maximum absolute atomic E-state index is 11.8. The molecule has 0 aliphatic heterocycles. The fourth-order valence-electron chi connectivity index (χ4n) is 3.28. The smallest absolute Gasteiger partial charge is 0.408 e. The fraction of sp³-hybridized carbons (Fsp3) is 0.429. The van der Waals surface area contributed by atoms with Crippen molar-refractivity contribution >= 4 is 44.7 Å².